The van der Waals surface area contributed by atoms with Gasteiger partial charge in [-0.05, 0) is 36.6 Å². The van der Waals surface area contributed by atoms with E-state index in [1.807, 2.05) is 19.2 Å². The number of hydrogen-bond acceptors (Lipinski definition) is 6. The van der Waals surface area contributed by atoms with E-state index in [-0.39, 0.29) is 24.3 Å². The monoisotopic (exact) mass is 366 g/mol. The normalized spacial score (nSPS) is 14.7. The fourth-order valence-electron chi connectivity index (χ4n) is 3.64. The molecule has 4 rings (SSSR count). The summed E-state index contributed by atoms with van der Waals surface area (Å²) in [6.45, 7) is -0.0386. The maximum absolute atomic E-state index is 12.5. The molecule has 0 saturated heterocycles. The van der Waals surface area contributed by atoms with Crippen molar-refractivity contribution in [2.45, 2.75) is 44.7 Å². The van der Waals surface area contributed by atoms with Gasteiger partial charge in [-0.25, -0.2) is 14.2 Å². The number of aromatic nitrogens is 5. The topological polar surface area (TPSA) is 85.4 Å². The van der Waals surface area contributed by atoms with Crippen LogP contribution in [-0.2, 0) is 17.8 Å². The van der Waals surface area contributed by atoms with Gasteiger partial charge < -0.3 is 4.90 Å². The summed E-state index contributed by atoms with van der Waals surface area (Å²) >= 11 is 0. The molecule has 0 amide bonds. The van der Waals surface area contributed by atoms with Crippen LogP contribution in [-0.4, -0.2) is 43.3 Å². The molecular formula is C19H22N6O2. The van der Waals surface area contributed by atoms with Gasteiger partial charge in [-0.3, -0.25) is 9.59 Å². The molecule has 140 valence electrons. The summed E-state index contributed by atoms with van der Waals surface area (Å²) in [5.74, 6) is 0.660. The van der Waals surface area contributed by atoms with Crippen LogP contribution >= 0.6 is 0 Å². The molecule has 0 atom stereocenters. The van der Waals surface area contributed by atoms with E-state index in [1.54, 1.807) is 16.8 Å². The summed E-state index contributed by atoms with van der Waals surface area (Å²) in [6, 6.07) is 7.34. The van der Waals surface area contributed by atoms with E-state index in [9.17, 15) is 9.59 Å². The third-order valence-electron chi connectivity index (χ3n) is 5.16. The number of pyridine rings is 1. The molecule has 3 aromatic rings. The molecule has 3 aromatic heterocycles. The first-order chi connectivity index (χ1) is 13.1. The van der Waals surface area contributed by atoms with E-state index in [0.29, 0.717) is 11.7 Å². The van der Waals surface area contributed by atoms with Crippen LogP contribution in [0.15, 0.2) is 41.6 Å². The maximum atomic E-state index is 12.5. The first-order valence-corrected chi connectivity index (χ1v) is 9.21. The highest BCUT2D eigenvalue weighted by Gasteiger charge is 2.21. The third-order valence-corrected chi connectivity index (χ3v) is 5.16. The molecule has 8 heteroatoms. The van der Waals surface area contributed by atoms with Gasteiger partial charge >= 0.3 is 0 Å². The number of carbonyl (C=O) groups is 1. The summed E-state index contributed by atoms with van der Waals surface area (Å²) in [7, 11) is 2.00. The minimum absolute atomic E-state index is 0.0386. The molecule has 0 unspecified atom stereocenters. The fourth-order valence-corrected chi connectivity index (χ4v) is 3.64. The van der Waals surface area contributed by atoms with Crippen LogP contribution in [0, 0.1) is 0 Å². The molecule has 1 aliphatic rings. The average molecular weight is 366 g/mol. The van der Waals surface area contributed by atoms with Gasteiger partial charge in [0.25, 0.3) is 5.56 Å². The number of carbonyl (C=O) groups excluding carboxylic acids is 1. The van der Waals surface area contributed by atoms with Crippen LogP contribution < -0.4 is 10.5 Å². The van der Waals surface area contributed by atoms with E-state index in [1.165, 1.54) is 29.9 Å². The van der Waals surface area contributed by atoms with Crippen LogP contribution in [0.25, 0.3) is 5.65 Å². The van der Waals surface area contributed by atoms with Crippen molar-refractivity contribution in [3.05, 3.63) is 52.7 Å². The van der Waals surface area contributed by atoms with Crippen LogP contribution in [0.1, 0.15) is 31.2 Å². The lowest BCUT2D eigenvalue weighted by atomic mass is 10.1. The largest absolute Gasteiger partial charge is 0.355 e. The molecule has 1 saturated carbocycles. The van der Waals surface area contributed by atoms with Gasteiger partial charge in [0.05, 0.1) is 0 Å². The van der Waals surface area contributed by atoms with E-state index in [4.69, 9.17) is 0 Å². The number of Topliss-reactive ketones (excluding diaryl/α,β-unsaturated/α-hetero) is 1. The molecule has 0 aliphatic heterocycles. The minimum Gasteiger partial charge on any atom is -0.355 e. The average Bonchev–Trinajstić information content (AvgIpc) is 3.34. The van der Waals surface area contributed by atoms with Crippen molar-refractivity contribution in [1.82, 2.24) is 24.4 Å². The van der Waals surface area contributed by atoms with Crippen LogP contribution in [0.3, 0.4) is 0 Å². The highest BCUT2D eigenvalue weighted by molar-refractivity contribution is 5.80. The van der Waals surface area contributed by atoms with Crippen molar-refractivity contribution >= 4 is 17.2 Å². The van der Waals surface area contributed by atoms with E-state index < -0.39 is 0 Å². The molecular weight excluding hydrogens is 344 g/mol. The number of anilines is 1. The Morgan fingerprint density at radius 2 is 2.07 bits per heavy atom. The number of nitrogens with zero attached hydrogens (tertiary/aromatic N) is 6. The van der Waals surface area contributed by atoms with Crippen molar-refractivity contribution in [3.63, 3.8) is 0 Å². The highest BCUT2D eigenvalue weighted by atomic mass is 16.1. The van der Waals surface area contributed by atoms with Crippen molar-refractivity contribution in [1.29, 1.82) is 0 Å². The lowest BCUT2D eigenvalue weighted by Gasteiger charge is -2.25. The lowest BCUT2D eigenvalue weighted by Crippen LogP contribution is -2.33. The molecule has 1 fully saturated rings. The summed E-state index contributed by atoms with van der Waals surface area (Å²) in [4.78, 5) is 30.9. The number of rotatable bonds is 6. The Hall–Kier alpha value is -3.03. The predicted molar refractivity (Wildman–Crippen MR) is 101 cm³/mol. The second-order valence-corrected chi connectivity index (χ2v) is 7.05. The Balaban J connectivity index is 1.48. The first kappa shape index (κ1) is 17.4. The van der Waals surface area contributed by atoms with Crippen molar-refractivity contribution < 1.29 is 4.79 Å². The van der Waals surface area contributed by atoms with Gasteiger partial charge in [-0.2, -0.15) is 10.2 Å². The molecule has 0 aromatic carbocycles. The van der Waals surface area contributed by atoms with Crippen LogP contribution in [0.4, 0.5) is 5.82 Å². The maximum Gasteiger partial charge on any atom is 0.267 e. The Bertz CT molecular complexity index is 1020. The smallest absolute Gasteiger partial charge is 0.267 e. The number of fused-ring (bicyclic) bond motifs is 1. The fraction of sp³-hybridized carbons (Fsp3) is 0.421. The van der Waals surface area contributed by atoms with Crippen molar-refractivity contribution in [2.75, 3.05) is 11.9 Å². The standard InChI is InChI=1S/C19H22N6O2/c1-23(15-4-2-3-5-15)17-6-7-19(27)25(22-17)12-16(26)10-14-8-9-24-18(11-14)20-13-21-24/h6-9,11,13,15H,2-5,10,12H2,1H3. The van der Waals surface area contributed by atoms with Gasteiger partial charge in [0, 0.05) is 31.8 Å². The second-order valence-electron chi connectivity index (χ2n) is 7.05. The molecule has 1 aliphatic carbocycles. The van der Waals surface area contributed by atoms with E-state index in [2.05, 4.69) is 20.1 Å². The zero-order valence-corrected chi connectivity index (χ0v) is 15.3. The second kappa shape index (κ2) is 7.30. The third kappa shape index (κ3) is 3.74. The lowest BCUT2D eigenvalue weighted by molar-refractivity contribution is -0.119. The number of ketones is 1. The van der Waals surface area contributed by atoms with Gasteiger partial charge in [-0.1, -0.05) is 12.8 Å². The van der Waals surface area contributed by atoms with Gasteiger partial charge in [0.15, 0.2) is 11.4 Å². The molecule has 0 radical (unpaired) electrons. The molecule has 27 heavy (non-hydrogen) atoms. The van der Waals surface area contributed by atoms with Crippen molar-refractivity contribution in [2.24, 2.45) is 0 Å². The van der Waals surface area contributed by atoms with Gasteiger partial charge in [-0.15, -0.1) is 0 Å². The molecule has 3 heterocycles. The quantitative estimate of drug-likeness (QED) is 0.657. The SMILES string of the molecule is CN(c1ccc(=O)n(CC(=O)Cc2ccn3ncnc3c2)n1)C1CCCC1. The zero-order valence-electron chi connectivity index (χ0n) is 15.3. The summed E-state index contributed by atoms with van der Waals surface area (Å²) in [5.41, 5.74) is 1.27. The van der Waals surface area contributed by atoms with E-state index >= 15 is 0 Å². The Morgan fingerprint density at radius 3 is 2.89 bits per heavy atom. The van der Waals surface area contributed by atoms with Gasteiger partial charge in [0.1, 0.15) is 18.7 Å². The first-order valence-electron chi connectivity index (χ1n) is 9.21. The summed E-state index contributed by atoms with van der Waals surface area (Å²) < 4.78 is 2.90. The van der Waals surface area contributed by atoms with E-state index in [0.717, 1.165) is 24.2 Å². The molecule has 0 N–H and O–H groups in total. The zero-order chi connectivity index (χ0) is 18.8. The summed E-state index contributed by atoms with van der Waals surface area (Å²) in [5, 5.41) is 8.46. The Morgan fingerprint density at radius 1 is 1.26 bits per heavy atom. The number of hydrogen-bond donors (Lipinski definition) is 0. The van der Waals surface area contributed by atoms with Gasteiger partial charge in [0.2, 0.25) is 0 Å². The molecule has 8 nitrogen and oxygen atoms in total. The highest BCUT2D eigenvalue weighted by Crippen LogP contribution is 2.25. The molecule has 0 spiro atoms. The minimum atomic E-state index is -0.264. The Labute approximate surface area is 156 Å². The van der Waals surface area contributed by atoms with Crippen molar-refractivity contribution in [3.8, 4) is 0 Å². The molecule has 0 bridgehead atoms. The van der Waals surface area contributed by atoms with Crippen LogP contribution in [0.5, 0.6) is 0 Å². The Kier molecular flexibility index (Phi) is 4.70. The predicted octanol–water partition coefficient (Wildman–Crippen LogP) is 1.48. The van der Waals surface area contributed by atoms with Crippen LogP contribution in [0.2, 0.25) is 0 Å². The summed E-state index contributed by atoms with van der Waals surface area (Å²) in [6.07, 6.45) is 8.19.